The van der Waals surface area contributed by atoms with Crippen LogP contribution in [0.15, 0.2) is 30.3 Å². The molecule has 164 valence electrons. The van der Waals surface area contributed by atoms with Gasteiger partial charge in [-0.2, -0.15) is 0 Å². The van der Waals surface area contributed by atoms with Crippen LogP contribution in [0.4, 0.5) is 16.0 Å². The van der Waals surface area contributed by atoms with Gasteiger partial charge in [0, 0.05) is 57.9 Å². The van der Waals surface area contributed by atoms with Crippen LogP contribution in [0.1, 0.15) is 25.7 Å². The number of carbonyl (C=O) groups excluding carboxylic acids is 2. The molecule has 8 nitrogen and oxygen atoms in total. The van der Waals surface area contributed by atoms with E-state index in [1.165, 1.54) is 17.0 Å². The third-order valence-electron chi connectivity index (χ3n) is 6.46. The second-order valence-corrected chi connectivity index (χ2v) is 9.38. The molecule has 4 heterocycles. The van der Waals surface area contributed by atoms with E-state index in [9.17, 15) is 9.59 Å². The Balaban J connectivity index is 1.18. The van der Waals surface area contributed by atoms with Gasteiger partial charge in [0.15, 0.2) is 0 Å². The zero-order chi connectivity index (χ0) is 21.2. The molecule has 0 saturated carbocycles. The van der Waals surface area contributed by atoms with Crippen LogP contribution < -0.4 is 14.7 Å². The second-order valence-electron chi connectivity index (χ2n) is 8.45. The summed E-state index contributed by atoms with van der Waals surface area (Å²) < 4.78 is 0. The Morgan fingerprint density at radius 3 is 2.42 bits per heavy atom. The molecule has 0 radical (unpaired) electrons. The van der Waals surface area contributed by atoms with Crippen LogP contribution in [-0.4, -0.2) is 72.7 Å². The van der Waals surface area contributed by atoms with Gasteiger partial charge in [-0.15, -0.1) is 10.2 Å². The largest absolute Gasteiger partial charge is 0.368 e. The number of para-hydroxylation sites is 1. The highest BCUT2D eigenvalue weighted by Crippen LogP contribution is 2.32. The first-order valence-corrected chi connectivity index (χ1v) is 12.0. The van der Waals surface area contributed by atoms with Crippen LogP contribution in [0.2, 0.25) is 0 Å². The van der Waals surface area contributed by atoms with Crippen molar-refractivity contribution in [3.8, 4) is 0 Å². The van der Waals surface area contributed by atoms with Crippen LogP contribution in [0.5, 0.6) is 0 Å². The monoisotopic (exact) mass is 440 g/mol. The van der Waals surface area contributed by atoms with E-state index in [-0.39, 0.29) is 17.7 Å². The number of hydrogen-bond acceptors (Lipinski definition) is 7. The van der Waals surface area contributed by atoms with E-state index in [1.807, 2.05) is 11.0 Å². The molecule has 31 heavy (non-hydrogen) atoms. The maximum Gasteiger partial charge on any atom is 0.228 e. The fourth-order valence-corrected chi connectivity index (χ4v) is 5.65. The van der Waals surface area contributed by atoms with Crippen molar-refractivity contribution in [1.29, 1.82) is 0 Å². The van der Waals surface area contributed by atoms with Gasteiger partial charge in [-0.05, 0) is 31.4 Å². The first kappa shape index (κ1) is 20.2. The Morgan fingerprint density at radius 1 is 0.903 bits per heavy atom. The molecule has 1 atom stereocenters. The van der Waals surface area contributed by atoms with Crippen LogP contribution in [0.3, 0.4) is 0 Å². The third kappa shape index (κ3) is 4.23. The summed E-state index contributed by atoms with van der Waals surface area (Å²) in [5.41, 5.74) is 1.22. The van der Waals surface area contributed by atoms with Crippen LogP contribution in [0.25, 0.3) is 0 Å². The number of carbonyl (C=O) groups is 2. The van der Waals surface area contributed by atoms with Crippen LogP contribution in [0, 0.1) is 5.92 Å². The van der Waals surface area contributed by atoms with E-state index in [0.717, 1.165) is 63.7 Å². The van der Waals surface area contributed by atoms with Crippen molar-refractivity contribution in [3.05, 3.63) is 30.3 Å². The summed E-state index contributed by atoms with van der Waals surface area (Å²) in [6.45, 7) is 5.57. The van der Waals surface area contributed by atoms with E-state index < -0.39 is 0 Å². The quantitative estimate of drug-likeness (QED) is 0.726. The highest BCUT2D eigenvalue weighted by Gasteiger charge is 2.33. The summed E-state index contributed by atoms with van der Waals surface area (Å²) in [4.78, 5) is 33.5. The Kier molecular flexibility index (Phi) is 5.76. The third-order valence-corrected chi connectivity index (χ3v) is 7.47. The highest BCUT2D eigenvalue weighted by molar-refractivity contribution is 7.19. The number of aromatic nitrogens is 2. The van der Waals surface area contributed by atoms with Crippen LogP contribution in [-0.2, 0) is 9.59 Å². The standard InChI is InChI=1S/C22H28N6O2S/c29-19-9-5-11-28(19)22-24-23-21(31-22)27-10-4-6-17(16-27)20(30)26-14-12-25(13-15-26)18-7-2-1-3-8-18/h1-3,7-8,17H,4-6,9-16H2/t17-/m0/s1. The minimum Gasteiger partial charge on any atom is -0.368 e. The molecule has 0 spiro atoms. The number of piperazine rings is 1. The average Bonchev–Trinajstić information content (AvgIpc) is 3.48. The number of benzene rings is 1. The van der Waals surface area contributed by atoms with E-state index in [1.54, 1.807) is 4.90 Å². The molecule has 3 aliphatic rings. The van der Waals surface area contributed by atoms with Crippen LogP contribution >= 0.6 is 11.3 Å². The van der Waals surface area contributed by atoms with E-state index in [4.69, 9.17) is 0 Å². The lowest BCUT2D eigenvalue weighted by atomic mass is 9.96. The zero-order valence-electron chi connectivity index (χ0n) is 17.7. The van der Waals surface area contributed by atoms with Crippen molar-refractivity contribution in [2.75, 3.05) is 60.5 Å². The fourth-order valence-electron chi connectivity index (χ4n) is 4.73. The van der Waals surface area contributed by atoms with Crippen molar-refractivity contribution in [2.24, 2.45) is 5.92 Å². The number of anilines is 3. The first-order valence-electron chi connectivity index (χ1n) is 11.2. The summed E-state index contributed by atoms with van der Waals surface area (Å²) in [5, 5.41) is 10.1. The predicted octanol–water partition coefficient (Wildman–Crippen LogP) is 2.23. The van der Waals surface area contributed by atoms with Gasteiger partial charge in [0.25, 0.3) is 0 Å². The molecule has 1 aromatic carbocycles. The zero-order valence-corrected chi connectivity index (χ0v) is 18.5. The minimum atomic E-state index is -0.00204. The minimum absolute atomic E-state index is 0.00204. The summed E-state index contributed by atoms with van der Waals surface area (Å²) in [6.07, 6.45) is 3.36. The van der Waals surface area contributed by atoms with Crippen molar-refractivity contribution >= 4 is 39.1 Å². The molecule has 3 saturated heterocycles. The Bertz CT molecular complexity index is 927. The summed E-state index contributed by atoms with van der Waals surface area (Å²) in [5.74, 6) is 0.388. The summed E-state index contributed by atoms with van der Waals surface area (Å²) >= 11 is 1.46. The molecular weight excluding hydrogens is 412 g/mol. The Morgan fingerprint density at radius 2 is 1.68 bits per heavy atom. The lowest BCUT2D eigenvalue weighted by Gasteiger charge is -2.39. The van der Waals surface area contributed by atoms with Gasteiger partial charge in [-0.25, -0.2) is 0 Å². The van der Waals surface area contributed by atoms with Gasteiger partial charge < -0.3 is 14.7 Å². The van der Waals surface area contributed by atoms with E-state index >= 15 is 0 Å². The normalized spacial score (nSPS) is 22.3. The molecule has 0 bridgehead atoms. The summed E-state index contributed by atoms with van der Waals surface area (Å²) in [7, 11) is 0. The molecule has 2 amide bonds. The lowest BCUT2D eigenvalue weighted by molar-refractivity contribution is -0.136. The lowest BCUT2D eigenvalue weighted by Crippen LogP contribution is -2.52. The molecule has 5 rings (SSSR count). The van der Waals surface area contributed by atoms with Gasteiger partial charge in [0.2, 0.25) is 22.1 Å². The smallest absolute Gasteiger partial charge is 0.228 e. The SMILES string of the molecule is O=C([C@H]1CCCN(c2nnc(N3CCCC3=O)s2)C1)N1CCN(c2ccccc2)CC1. The van der Waals surface area contributed by atoms with Gasteiger partial charge in [0.1, 0.15) is 0 Å². The van der Waals surface area contributed by atoms with Crippen molar-refractivity contribution in [2.45, 2.75) is 25.7 Å². The van der Waals surface area contributed by atoms with Gasteiger partial charge in [-0.3, -0.25) is 14.5 Å². The van der Waals surface area contributed by atoms with Crippen molar-refractivity contribution in [3.63, 3.8) is 0 Å². The molecular formula is C22H28N6O2S. The number of hydrogen-bond donors (Lipinski definition) is 0. The Hall–Kier alpha value is -2.68. The predicted molar refractivity (Wildman–Crippen MR) is 122 cm³/mol. The number of nitrogens with zero attached hydrogens (tertiary/aromatic N) is 6. The molecule has 3 aliphatic heterocycles. The molecule has 0 N–H and O–H groups in total. The van der Waals surface area contributed by atoms with Crippen molar-refractivity contribution in [1.82, 2.24) is 15.1 Å². The average molecular weight is 441 g/mol. The van der Waals surface area contributed by atoms with Gasteiger partial charge in [0.05, 0.1) is 5.92 Å². The number of piperidine rings is 1. The van der Waals surface area contributed by atoms with E-state index in [0.29, 0.717) is 18.1 Å². The molecule has 0 unspecified atom stereocenters. The topological polar surface area (TPSA) is 72.9 Å². The van der Waals surface area contributed by atoms with E-state index in [2.05, 4.69) is 44.3 Å². The molecule has 3 fully saturated rings. The molecule has 2 aromatic rings. The first-order chi connectivity index (χ1) is 15.2. The second kappa shape index (κ2) is 8.82. The Labute approximate surface area is 186 Å². The molecule has 0 aliphatic carbocycles. The molecule has 1 aromatic heterocycles. The number of amides is 2. The van der Waals surface area contributed by atoms with Gasteiger partial charge in [-0.1, -0.05) is 29.5 Å². The number of rotatable bonds is 4. The summed E-state index contributed by atoms with van der Waals surface area (Å²) in [6, 6.07) is 10.4. The van der Waals surface area contributed by atoms with Crippen molar-refractivity contribution < 1.29 is 9.59 Å². The highest BCUT2D eigenvalue weighted by atomic mass is 32.1. The van der Waals surface area contributed by atoms with Gasteiger partial charge >= 0.3 is 0 Å². The molecule has 9 heteroatoms. The fraction of sp³-hybridized carbons (Fsp3) is 0.545. The maximum atomic E-state index is 13.2. The maximum absolute atomic E-state index is 13.2.